The predicted octanol–water partition coefficient (Wildman–Crippen LogP) is -3.79. The fourth-order valence-electron chi connectivity index (χ4n) is 1.39. The number of hydrogen-bond acceptors (Lipinski definition) is 8. The molecule has 0 radical (unpaired) electrons. The first-order chi connectivity index (χ1) is 9.81. The molecule has 0 spiro atoms. The Hall–Kier alpha value is -1.32. The van der Waals surface area contributed by atoms with Gasteiger partial charge in [0.2, 0.25) is 11.8 Å². The maximum atomic E-state index is 11.2. The Labute approximate surface area is 127 Å². The average Bonchev–Trinajstić information content (AvgIpc) is 2.22. The van der Waals surface area contributed by atoms with Gasteiger partial charge in [0, 0.05) is 13.5 Å². The monoisotopic (exact) mass is 362 g/mol. The molecule has 0 aliphatic heterocycles. The van der Waals surface area contributed by atoms with Crippen molar-refractivity contribution < 1.29 is 35.5 Å². The third-order valence-electron chi connectivity index (χ3n) is 2.13. The van der Waals surface area contributed by atoms with E-state index in [1.54, 1.807) is 0 Å². The largest absolute Gasteiger partial charge is 0.369 e. The summed E-state index contributed by atoms with van der Waals surface area (Å²) in [6, 6.07) is 0. The Morgan fingerprint density at radius 1 is 1.18 bits per heavy atom. The molecule has 14 heteroatoms. The molecule has 0 saturated heterocycles. The first-order valence-corrected chi connectivity index (χ1v) is 8.86. The Morgan fingerprint density at radius 2 is 1.73 bits per heavy atom. The van der Waals surface area contributed by atoms with Crippen molar-refractivity contribution in [2.45, 2.75) is 18.5 Å². The summed E-state index contributed by atoms with van der Waals surface area (Å²) in [5.74, 6) is -2.53. The van der Waals surface area contributed by atoms with Gasteiger partial charge in [-0.1, -0.05) is 0 Å². The third-order valence-corrected chi connectivity index (χ3v) is 3.91. The second-order valence-corrected chi connectivity index (χ2v) is 7.37. The molecule has 22 heavy (non-hydrogen) atoms. The van der Waals surface area contributed by atoms with Crippen LogP contribution in [0.5, 0.6) is 0 Å². The van der Waals surface area contributed by atoms with E-state index in [2.05, 4.69) is 16.0 Å². The van der Waals surface area contributed by atoms with Crippen LogP contribution in [0, 0.1) is 0 Å². The van der Waals surface area contributed by atoms with E-state index in [0.717, 1.165) is 6.92 Å². The third kappa shape index (κ3) is 10.4. The molecule has 0 aromatic heterocycles. The van der Waals surface area contributed by atoms with Crippen molar-refractivity contribution in [1.29, 1.82) is 0 Å². The maximum Gasteiger partial charge on any atom is 0.282 e. The fourth-order valence-corrected chi connectivity index (χ4v) is 2.65. The lowest BCUT2D eigenvalue weighted by molar-refractivity contribution is -0.119. The zero-order valence-electron chi connectivity index (χ0n) is 11.5. The van der Waals surface area contributed by atoms with Crippen LogP contribution in [0.1, 0.15) is 6.92 Å². The van der Waals surface area contributed by atoms with E-state index in [-0.39, 0.29) is 0 Å². The van der Waals surface area contributed by atoms with Gasteiger partial charge in [-0.2, -0.15) is 16.8 Å². The Bertz CT molecular complexity index is 602. The summed E-state index contributed by atoms with van der Waals surface area (Å²) in [7, 11) is -9.24. The molecule has 0 aromatic carbocycles. The quantitative estimate of drug-likeness (QED) is 0.165. The summed E-state index contributed by atoms with van der Waals surface area (Å²) in [5.41, 5.74) is 4.83. The van der Waals surface area contributed by atoms with E-state index < -0.39 is 62.4 Å². The number of carbonyl (C=O) groups is 2. The molecule has 130 valence electrons. The van der Waals surface area contributed by atoms with Crippen molar-refractivity contribution in [2.24, 2.45) is 5.73 Å². The number of primary amides is 1. The topological polar surface area (TPSA) is 205 Å². The van der Waals surface area contributed by atoms with Crippen molar-refractivity contribution in [1.82, 2.24) is 16.0 Å². The molecule has 0 aliphatic rings. The van der Waals surface area contributed by atoms with Crippen LogP contribution in [-0.2, 0) is 29.8 Å². The molecule has 0 rings (SSSR count). The molecule has 0 fully saturated rings. The average molecular weight is 362 g/mol. The SMILES string of the molecule is CC(=O)NC(CS(=O)(=O)O)NC(CNCC(N)=O)S(=O)(=O)O. The highest BCUT2D eigenvalue weighted by Crippen LogP contribution is 1.98. The highest BCUT2D eigenvalue weighted by molar-refractivity contribution is 7.86. The molecule has 0 saturated carbocycles. The smallest absolute Gasteiger partial charge is 0.282 e. The van der Waals surface area contributed by atoms with E-state index in [9.17, 15) is 26.4 Å². The molecule has 7 N–H and O–H groups in total. The van der Waals surface area contributed by atoms with E-state index in [1.807, 2.05) is 0 Å². The second kappa shape index (κ2) is 8.35. The van der Waals surface area contributed by atoms with Crippen LogP contribution in [0.25, 0.3) is 0 Å². The van der Waals surface area contributed by atoms with Gasteiger partial charge in [-0.05, 0) is 0 Å². The van der Waals surface area contributed by atoms with Crippen LogP contribution in [0.2, 0.25) is 0 Å². The summed E-state index contributed by atoms with van der Waals surface area (Å²) in [4.78, 5) is 21.5. The van der Waals surface area contributed by atoms with E-state index in [0.29, 0.717) is 0 Å². The molecular weight excluding hydrogens is 344 g/mol. The molecule has 0 aliphatic carbocycles. The lowest BCUT2D eigenvalue weighted by Gasteiger charge is -2.23. The number of amides is 2. The first kappa shape index (κ1) is 20.7. The lowest BCUT2D eigenvalue weighted by Crippen LogP contribution is -2.57. The lowest BCUT2D eigenvalue weighted by atomic mass is 10.4. The highest BCUT2D eigenvalue weighted by atomic mass is 32.2. The molecule has 2 amide bonds. The van der Waals surface area contributed by atoms with E-state index in [1.165, 1.54) is 0 Å². The standard InChI is InChI=1S/C8H18N4O8S2/c1-5(13)11-7(4-21(15,16)17)12-8(22(18,19)20)3-10-2-6(9)14/h7-8,10,12H,2-4H2,1H3,(H2,9,14)(H,11,13)(H,15,16,17)(H,18,19,20). The Kier molecular flexibility index (Phi) is 7.85. The van der Waals surface area contributed by atoms with Crippen molar-refractivity contribution >= 4 is 32.1 Å². The number of hydrogen-bond donors (Lipinski definition) is 6. The summed E-state index contributed by atoms with van der Waals surface area (Å²) in [5, 5.41) is 4.74. The van der Waals surface area contributed by atoms with Gasteiger partial charge in [0.15, 0.2) is 0 Å². The number of nitrogens with two attached hydrogens (primary N) is 1. The molecule has 2 atom stereocenters. The molecular formula is C8H18N4O8S2. The van der Waals surface area contributed by atoms with Gasteiger partial charge < -0.3 is 16.4 Å². The summed E-state index contributed by atoms with van der Waals surface area (Å²) in [6.07, 6.45) is -1.49. The highest BCUT2D eigenvalue weighted by Gasteiger charge is 2.28. The van der Waals surface area contributed by atoms with Crippen LogP contribution in [-0.4, -0.2) is 68.1 Å². The fraction of sp³-hybridized carbons (Fsp3) is 0.750. The van der Waals surface area contributed by atoms with Gasteiger partial charge in [-0.25, -0.2) is 0 Å². The van der Waals surface area contributed by atoms with Crippen LogP contribution in [0.3, 0.4) is 0 Å². The normalized spacial score (nSPS) is 15.0. The summed E-state index contributed by atoms with van der Waals surface area (Å²) < 4.78 is 61.9. The second-order valence-electron chi connectivity index (χ2n) is 4.27. The number of carbonyl (C=O) groups excluding carboxylic acids is 2. The molecule has 12 nitrogen and oxygen atoms in total. The van der Waals surface area contributed by atoms with E-state index in [4.69, 9.17) is 14.8 Å². The summed E-state index contributed by atoms with van der Waals surface area (Å²) in [6.45, 7) is 0.132. The van der Waals surface area contributed by atoms with Gasteiger partial charge >= 0.3 is 0 Å². The number of nitrogens with one attached hydrogen (secondary N) is 3. The van der Waals surface area contributed by atoms with E-state index >= 15 is 0 Å². The molecule has 2 unspecified atom stereocenters. The molecule has 0 heterocycles. The van der Waals surface area contributed by atoms with Crippen molar-refractivity contribution in [3.05, 3.63) is 0 Å². The van der Waals surface area contributed by atoms with Crippen molar-refractivity contribution in [2.75, 3.05) is 18.8 Å². The predicted molar refractivity (Wildman–Crippen MR) is 74.6 cm³/mol. The number of rotatable bonds is 10. The Balaban J connectivity index is 5.02. The van der Waals surface area contributed by atoms with Gasteiger partial charge in [0.1, 0.15) is 11.1 Å². The van der Waals surface area contributed by atoms with Crippen molar-refractivity contribution in [3.63, 3.8) is 0 Å². The Morgan fingerprint density at radius 3 is 2.09 bits per heavy atom. The minimum Gasteiger partial charge on any atom is -0.369 e. The van der Waals surface area contributed by atoms with Gasteiger partial charge in [-0.15, -0.1) is 0 Å². The molecule has 0 bridgehead atoms. The van der Waals surface area contributed by atoms with Crippen LogP contribution in [0.15, 0.2) is 0 Å². The molecule has 0 aromatic rings. The van der Waals surface area contributed by atoms with Crippen LogP contribution in [0.4, 0.5) is 0 Å². The van der Waals surface area contributed by atoms with Crippen LogP contribution < -0.4 is 21.7 Å². The minimum atomic E-state index is -4.70. The van der Waals surface area contributed by atoms with Gasteiger partial charge in [0.25, 0.3) is 20.2 Å². The zero-order valence-corrected chi connectivity index (χ0v) is 13.1. The van der Waals surface area contributed by atoms with Gasteiger partial charge in [0.05, 0.1) is 12.7 Å². The minimum absolute atomic E-state index is 0.392. The zero-order chi connectivity index (χ0) is 17.6. The van der Waals surface area contributed by atoms with Crippen LogP contribution >= 0.6 is 0 Å². The van der Waals surface area contributed by atoms with Gasteiger partial charge in [-0.3, -0.25) is 24.0 Å². The first-order valence-electron chi connectivity index (χ1n) is 5.75. The maximum absolute atomic E-state index is 11.2. The van der Waals surface area contributed by atoms with Crippen molar-refractivity contribution in [3.8, 4) is 0 Å². The summed E-state index contributed by atoms with van der Waals surface area (Å²) >= 11 is 0.